The minimum Gasteiger partial charge on any atom is -0.478 e. The summed E-state index contributed by atoms with van der Waals surface area (Å²) < 4.78 is 27.3. The second-order valence-electron chi connectivity index (χ2n) is 4.76. The molecule has 0 aliphatic carbocycles. The van der Waals surface area contributed by atoms with E-state index in [9.17, 15) is 13.2 Å². The van der Waals surface area contributed by atoms with Crippen molar-refractivity contribution in [2.75, 3.05) is 0 Å². The van der Waals surface area contributed by atoms with Crippen molar-refractivity contribution in [1.29, 1.82) is 0 Å². The van der Waals surface area contributed by atoms with Gasteiger partial charge in [0, 0.05) is 12.1 Å². The lowest BCUT2D eigenvalue weighted by molar-refractivity contribution is -0.131. The maximum absolute atomic E-state index is 12.3. The molecule has 2 N–H and O–H groups in total. The fourth-order valence-corrected chi connectivity index (χ4v) is 3.34. The molecule has 0 saturated carbocycles. The Morgan fingerprint density at radius 2 is 2.10 bits per heavy atom. The van der Waals surface area contributed by atoms with Crippen molar-refractivity contribution < 1.29 is 18.3 Å². The molecule has 5 nitrogen and oxygen atoms in total. The molecule has 1 atom stereocenters. The Labute approximate surface area is 125 Å². The zero-order chi connectivity index (χ0) is 15.9. The minimum atomic E-state index is -3.59. The van der Waals surface area contributed by atoms with Crippen LogP contribution in [0.5, 0.6) is 0 Å². The van der Waals surface area contributed by atoms with Gasteiger partial charge in [0.25, 0.3) is 0 Å². The van der Waals surface area contributed by atoms with E-state index >= 15 is 0 Å². The first-order valence-electron chi connectivity index (χ1n) is 6.92. The maximum atomic E-state index is 12.3. The molecule has 0 bridgehead atoms. The highest BCUT2D eigenvalue weighted by molar-refractivity contribution is 7.89. The number of hydrogen-bond donors (Lipinski definition) is 2. The van der Waals surface area contributed by atoms with E-state index in [1.54, 1.807) is 12.1 Å². The molecule has 21 heavy (non-hydrogen) atoms. The highest BCUT2D eigenvalue weighted by Crippen LogP contribution is 2.15. The smallest absolute Gasteiger partial charge is 0.328 e. The number of hydrogen-bond acceptors (Lipinski definition) is 3. The number of sulfonamides is 1. The van der Waals surface area contributed by atoms with E-state index in [-0.39, 0.29) is 10.9 Å². The van der Waals surface area contributed by atoms with Gasteiger partial charge in [-0.1, -0.05) is 32.4 Å². The molecule has 1 unspecified atom stereocenters. The average molecular weight is 311 g/mol. The molecular formula is C15H21NO4S. The van der Waals surface area contributed by atoms with Crippen LogP contribution in [-0.4, -0.2) is 25.5 Å². The third-order valence-electron chi connectivity index (χ3n) is 3.04. The molecule has 0 saturated heterocycles. The molecule has 0 aliphatic rings. The van der Waals surface area contributed by atoms with Crippen LogP contribution in [0.1, 0.15) is 38.7 Å². The van der Waals surface area contributed by atoms with Crippen molar-refractivity contribution in [1.82, 2.24) is 4.72 Å². The quantitative estimate of drug-likeness (QED) is 0.723. The van der Waals surface area contributed by atoms with E-state index in [4.69, 9.17) is 5.11 Å². The lowest BCUT2D eigenvalue weighted by atomic mass is 10.1. The molecule has 6 heteroatoms. The van der Waals surface area contributed by atoms with Gasteiger partial charge in [-0.3, -0.25) is 0 Å². The number of nitrogens with one attached hydrogen (secondary N) is 1. The zero-order valence-electron chi connectivity index (χ0n) is 12.2. The third-order valence-corrected chi connectivity index (χ3v) is 4.56. The van der Waals surface area contributed by atoms with Gasteiger partial charge in [-0.15, -0.1) is 0 Å². The Morgan fingerprint density at radius 3 is 2.67 bits per heavy atom. The van der Waals surface area contributed by atoms with Crippen LogP contribution in [0.4, 0.5) is 0 Å². The summed E-state index contributed by atoms with van der Waals surface area (Å²) in [5.74, 6) is -1.07. The number of aliphatic carboxylic acids is 1. The predicted molar refractivity (Wildman–Crippen MR) is 82.4 cm³/mol. The topological polar surface area (TPSA) is 83.5 Å². The molecule has 0 fully saturated rings. The van der Waals surface area contributed by atoms with Crippen LogP contribution in [0.15, 0.2) is 35.2 Å². The molecule has 0 amide bonds. The van der Waals surface area contributed by atoms with E-state index in [0.717, 1.165) is 25.3 Å². The summed E-state index contributed by atoms with van der Waals surface area (Å²) in [6, 6.07) is 6.12. The molecule has 0 aromatic heterocycles. The monoisotopic (exact) mass is 311 g/mol. The van der Waals surface area contributed by atoms with Gasteiger partial charge in [0.15, 0.2) is 0 Å². The van der Waals surface area contributed by atoms with Crippen LogP contribution in [0, 0.1) is 0 Å². The normalized spacial score (nSPS) is 13.4. The average Bonchev–Trinajstić information content (AvgIpc) is 2.44. The van der Waals surface area contributed by atoms with E-state index in [1.807, 2.05) is 13.8 Å². The van der Waals surface area contributed by atoms with Gasteiger partial charge < -0.3 is 5.11 Å². The summed E-state index contributed by atoms with van der Waals surface area (Å²) in [5, 5.41) is 8.60. The van der Waals surface area contributed by atoms with Crippen LogP contribution in [-0.2, 0) is 14.8 Å². The number of carbonyl (C=O) groups is 1. The van der Waals surface area contributed by atoms with Crippen molar-refractivity contribution in [3.05, 3.63) is 35.9 Å². The summed E-state index contributed by atoms with van der Waals surface area (Å²) in [4.78, 5) is 10.6. The first-order valence-corrected chi connectivity index (χ1v) is 8.40. The van der Waals surface area contributed by atoms with Crippen LogP contribution >= 0.6 is 0 Å². The van der Waals surface area contributed by atoms with Gasteiger partial charge in [-0.2, -0.15) is 0 Å². The van der Waals surface area contributed by atoms with Gasteiger partial charge in [0.2, 0.25) is 10.0 Å². The van der Waals surface area contributed by atoms with Crippen LogP contribution in [0.25, 0.3) is 6.08 Å². The summed E-state index contributed by atoms with van der Waals surface area (Å²) in [6.07, 6.45) is 4.76. The van der Waals surface area contributed by atoms with E-state index in [2.05, 4.69) is 4.72 Å². The Hall–Kier alpha value is -1.66. The van der Waals surface area contributed by atoms with Gasteiger partial charge in [-0.25, -0.2) is 17.9 Å². The second kappa shape index (κ2) is 7.95. The van der Waals surface area contributed by atoms with Crippen LogP contribution in [0.3, 0.4) is 0 Å². The van der Waals surface area contributed by atoms with Crippen LogP contribution in [0.2, 0.25) is 0 Å². The number of carboxylic acid groups (broad SMARTS) is 1. The van der Waals surface area contributed by atoms with Crippen molar-refractivity contribution in [2.45, 2.75) is 44.0 Å². The van der Waals surface area contributed by atoms with Gasteiger partial charge >= 0.3 is 5.97 Å². The second-order valence-corrected chi connectivity index (χ2v) is 6.47. The summed E-state index contributed by atoms with van der Waals surface area (Å²) >= 11 is 0. The minimum absolute atomic E-state index is 0.0850. The Bertz CT molecular complexity index is 608. The summed E-state index contributed by atoms with van der Waals surface area (Å²) in [7, 11) is -3.59. The molecule has 1 rings (SSSR count). The van der Waals surface area contributed by atoms with Gasteiger partial charge in [-0.05, 0) is 36.6 Å². The molecule has 1 aromatic carbocycles. The molecule has 0 aliphatic heterocycles. The number of rotatable bonds is 8. The first kappa shape index (κ1) is 17.4. The van der Waals surface area contributed by atoms with Crippen LogP contribution < -0.4 is 4.72 Å². The number of benzene rings is 1. The Morgan fingerprint density at radius 1 is 1.38 bits per heavy atom. The lowest BCUT2D eigenvalue weighted by Crippen LogP contribution is -2.34. The van der Waals surface area contributed by atoms with E-state index < -0.39 is 16.0 Å². The maximum Gasteiger partial charge on any atom is 0.328 e. The fourth-order valence-electron chi connectivity index (χ4n) is 1.94. The summed E-state index contributed by atoms with van der Waals surface area (Å²) in [6.45, 7) is 3.95. The standard InChI is InChI=1S/C15H21NO4S/c1-3-6-13(4-2)16-21(19,20)14-8-5-7-12(11-14)9-10-15(17)18/h5,7-11,13,16H,3-4,6H2,1-2H3,(H,17,18). The highest BCUT2D eigenvalue weighted by Gasteiger charge is 2.18. The van der Waals surface area contributed by atoms with Crippen molar-refractivity contribution >= 4 is 22.1 Å². The summed E-state index contributed by atoms with van der Waals surface area (Å²) in [5.41, 5.74) is 0.531. The molecule has 0 spiro atoms. The van der Waals surface area contributed by atoms with Crippen molar-refractivity contribution in [2.24, 2.45) is 0 Å². The van der Waals surface area contributed by atoms with Crippen molar-refractivity contribution in [3.8, 4) is 0 Å². The van der Waals surface area contributed by atoms with E-state index in [1.165, 1.54) is 18.2 Å². The van der Waals surface area contributed by atoms with Crippen molar-refractivity contribution in [3.63, 3.8) is 0 Å². The van der Waals surface area contributed by atoms with Gasteiger partial charge in [0.05, 0.1) is 4.90 Å². The fraction of sp³-hybridized carbons (Fsp3) is 0.400. The Balaban J connectivity index is 2.98. The predicted octanol–water partition coefficient (Wildman–Crippen LogP) is 2.64. The SMILES string of the molecule is CCCC(CC)NS(=O)(=O)c1cccc(C=CC(=O)O)c1. The molecule has 116 valence electrons. The first-order chi connectivity index (χ1) is 9.89. The van der Waals surface area contributed by atoms with Gasteiger partial charge in [0.1, 0.15) is 0 Å². The number of carboxylic acids is 1. The molecule has 0 radical (unpaired) electrons. The molecule has 1 aromatic rings. The largest absolute Gasteiger partial charge is 0.478 e. The molecular weight excluding hydrogens is 290 g/mol. The van der Waals surface area contributed by atoms with E-state index in [0.29, 0.717) is 5.56 Å². The third kappa shape index (κ3) is 5.69. The zero-order valence-corrected chi connectivity index (χ0v) is 13.1. The lowest BCUT2D eigenvalue weighted by Gasteiger charge is -2.16. The highest BCUT2D eigenvalue weighted by atomic mass is 32.2. The molecule has 0 heterocycles. The Kier molecular flexibility index (Phi) is 6.58.